The van der Waals surface area contributed by atoms with E-state index in [0.29, 0.717) is 0 Å². The van der Waals surface area contributed by atoms with Gasteiger partial charge in [0.1, 0.15) is 0 Å². The van der Waals surface area contributed by atoms with Gasteiger partial charge in [0, 0.05) is 0 Å². The second-order valence-electron chi connectivity index (χ2n) is 7.79. The van der Waals surface area contributed by atoms with Crippen LogP contribution >= 0.6 is 0 Å². The highest BCUT2D eigenvalue weighted by atomic mass is 14.1. The third-order valence-corrected chi connectivity index (χ3v) is 5.51. The Balaban J connectivity index is 2.18. The summed E-state index contributed by atoms with van der Waals surface area (Å²) in [7, 11) is 0. The van der Waals surface area contributed by atoms with Gasteiger partial charge in [0.15, 0.2) is 0 Å². The van der Waals surface area contributed by atoms with Crippen molar-refractivity contribution in [1.29, 1.82) is 0 Å². The number of benzene rings is 3. The molecule has 3 aromatic rings. The average molecular weight is 347 g/mol. The van der Waals surface area contributed by atoms with Crippen molar-refractivity contribution in [2.24, 2.45) is 0 Å². The van der Waals surface area contributed by atoms with E-state index in [-0.39, 0.29) is 0 Å². The van der Waals surface area contributed by atoms with Crippen LogP contribution in [0.4, 0.5) is 0 Å². The van der Waals surface area contributed by atoms with Crippen LogP contribution in [0.25, 0.3) is 21.5 Å². The van der Waals surface area contributed by atoms with E-state index < -0.39 is 0 Å². The lowest BCUT2D eigenvalue weighted by Gasteiger charge is -2.14. The Morgan fingerprint density at radius 3 is 0.808 bits per heavy atom. The number of aryl methyl sites for hydroxylation is 4. The Labute approximate surface area is 159 Å². The number of hydrogen-bond acceptors (Lipinski definition) is 0. The molecule has 0 aliphatic carbocycles. The second kappa shape index (κ2) is 8.71. The zero-order valence-electron chi connectivity index (χ0n) is 17.1. The lowest BCUT2D eigenvalue weighted by molar-refractivity contribution is 0.863. The zero-order valence-corrected chi connectivity index (χ0v) is 17.1. The van der Waals surface area contributed by atoms with Gasteiger partial charge in [-0.1, -0.05) is 77.6 Å². The number of fused-ring (bicyclic) bond motifs is 2. The number of rotatable bonds is 8. The molecule has 0 heteroatoms. The molecule has 0 bridgehead atoms. The molecular weight excluding hydrogens is 312 g/mol. The quantitative estimate of drug-likeness (QED) is 0.365. The first kappa shape index (κ1) is 19.0. The molecule has 0 nitrogen and oxygen atoms in total. The molecule has 0 atom stereocenters. The van der Waals surface area contributed by atoms with Crippen molar-refractivity contribution in [1.82, 2.24) is 0 Å². The molecule has 0 aliphatic rings. The summed E-state index contributed by atoms with van der Waals surface area (Å²) in [6.45, 7) is 9.14. The maximum atomic E-state index is 2.46. The fraction of sp³-hybridized carbons (Fsp3) is 0.462. The maximum Gasteiger partial charge on any atom is -0.0175 e. The first-order valence-electron chi connectivity index (χ1n) is 10.7. The van der Waals surface area contributed by atoms with Gasteiger partial charge in [0.25, 0.3) is 0 Å². The van der Waals surface area contributed by atoms with Crippen LogP contribution in [0.15, 0.2) is 36.4 Å². The normalized spacial score (nSPS) is 11.5. The van der Waals surface area contributed by atoms with E-state index in [0.717, 1.165) is 0 Å². The molecule has 0 radical (unpaired) electrons. The van der Waals surface area contributed by atoms with Crippen LogP contribution in [0.2, 0.25) is 0 Å². The smallest absolute Gasteiger partial charge is 0.0175 e. The Hall–Kier alpha value is -1.82. The molecule has 0 N–H and O–H groups in total. The summed E-state index contributed by atoms with van der Waals surface area (Å²) in [6, 6.07) is 14.7. The molecule has 3 aromatic carbocycles. The van der Waals surface area contributed by atoms with Crippen LogP contribution in [-0.2, 0) is 25.7 Å². The summed E-state index contributed by atoms with van der Waals surface area (Å²) in [5, 5.41) is 5.64. The highest BCUT2D eigenvalue weighted by Gasteiger charge is 2.09. The molecule has 3 rings (SSSR count). The van der Waals surface area contributed by atoms with E-state index in [2.05, 4.69) is 64.1 Å². The first-order valence-corrected chi connectivity index (χ1v) is 10.7. The Morgan fingerprint density at radius 1 is 0.385 bits per heavy atom. The average Bonchev–Trinajstić information content (AvgIpc) is 2.62. The van der Waals surface area contributed by atoms with E-state index >= 15 is 0 Å². The molecule has 0 aromatic heterocycles. The van der Waals surface area contributed by atoms with E-state index in [9.17, 15) is 0 Å². The highest BCUT2D eigenvalue weighted by molar-refractivity contribution is 5.99. The maximum absolute atomic E-state index is 2.46. The highest BCUT2D eigenvalue weighted by Crippen LogP contribution is 2.30. The van der Waals surface area contributed by atoms with E-state index in [1.165, 1.54) is 72.9 Å². The van der Waals surface area contributed by atoms with Gasteiger partial charge in [-0.2, -0.15) is 0 Å². The Bertz CT molecular complexity index is 741. The lowest BCUT2D eigenvalue weighted by atomic mass is 9.91. The third-order valence-electron chi connectivity index (χ3n) is 5.51. The van der Waals surface area contributed by atoms with Crippen LogP contribution < -0.4 is 0 Å². The van der Waals surface area contributed by atoms with Gasteiger partial charge in [-0.3, -0.25) is 0 Å². The van der Waals surface area contributed by atoms with Crippen LogP contribution in [-0.4, -0.2) is 0 Å². The van der Waals surface area contributed by atoms with Crippen molar-refractivity contribution >= 4 is 21.5 Å². The summed E-state index contributed by atoms with van der Waals surface area (Å²) in [5.74, 6) is 0. The predicted octanol–water partition coefficient (Wildman–Crippen LogP) is 7.80. The van der Waals surface area contributed by atoms with Crippen molar-refractivity contribution in [3.8, 4) is 0 Å². The summed E-state index contributed by atoms with van der Waals surface area (Å²) in [6.07, 6.45) is 9.65. The van der Waals surface area contributed by atoms with E-state index in [1.807, 2.05) is 0 Å². The van der Waals surface area contributed by atoms with Crippen molar-refractivity contribution in [2.45, 2.75) is 79.1 Å². The van der Waals surface area contributed by atoms with Gasteiger partial charge < -0.3 is 0 Å². The van der Waals surface area contributed by atoms with Crippen LogP contribution in [0.1, 0.15) is 75.6 Å². The minimum Gasteiger partial charge on any atom is -0.0651 e. The molecule has 0 unspecified atom stereocenters. The SMILES string of the molecule is CCCc1cc2cc3cc(CCC)c(CCC)cc3cc2cc1CCC. The molecule has 138 valence electrons. The van der Waals surface area contributed by atoms with Gasteiger partial charge in [-0.15, -0.1) is 0 Å². The van der Waals surface area contributed by atoms with Crippen molar-refractivity contribution in [2.75, 3.05) is 0 Å². The minimum absolute atomic E-state index is 1.19. The minimum atomic E-state index is 1.19. The molecule has 0 aliphatic heterocycles. The predicted molar refractivity (Wildman–Crippen MR) is 117 cm³/mol. The molecular formula is C26H34. The Morgan fingerprint density at radius 2 is 0.615 bits per heavy atom. The van der Waals surface area contributed by atoms with Gasteiger partial charge in [0.05, 0.1) is 0 Å². The molecule has 0 spiro atoms. The van der Waals surface area contributed by atoms with Crippen LogP contribution in [0.3, 0.4) is 0 Å². The molecule has 0 amide bonds. The fourth-order valence-corrected chi connectivity index (χ4v) is 4.30. The van der Waals surface area contributed by atoms with E-state index in [4.69, 9.17) is 0 Å². The summed E-state index contributed by atoms with van der Waals surface area (Å²) >= 11 is 0. The molecule has 0 fully saturated rings. The second-order valence-corrected chi connectivity index (χ2v) is 7.79. The fourth-order valence-electron chi connectivity index (χ4n) is 4.30. The van der Waals surface area contributed by atoms with Gasteiger partial charge in [-0.05, 0) is 81.6 Å². The summed E-state index contributed by atoms with van der Waals surface area (Å²) in [5.41, 5.74) is 6.21. The zero-order chi connectivity index (χ0) is 18.5. The van der Waals surface area contributed by atoms with Crippen molar-refractivity contribution in [3.05, 3.63) is 58.7 Å². The lowest BCUT2D eigenvalue weighted by Crippen LogP contribution is -1.96. The van der Waals surface area contributed by atoms with Gasteiger partial charge >= 0.3 is 0 Å². The molecule has 26 heavy (non-hydrogen) atoms. The third kappa shape index (κ3) is 3.95. The largest absolute Gasteiger partial charge is 0.0651 e. The first-order chi connectivity index (χ1) is 12.7. The Kier molecular flexibility index (Phi) is 6.35. The van der Waals surface area contributed by atoms with E-state index in [1.54, 1.807) is 22.3 Å². The van der Waals surface area contributed by atoms with Crippen LogP contribution in [0, 0.1) is 0 Å². The van der Waals surface area contributed by atoms with Crippen molar-refractivity contribution in [3.63, 3.8) is 0 Å². The molecule has 0 saturated carbocycles. The number of hydrogen-bond donors (Lipinski definition) is 0. The summed E-state index contributed by atoms with van der Waals surface area (Å²) in [4.78, 5) is 0. The van der Waals surface area contributed by atoms with Crippen LogP contribution in [0.5, 0.6) is 0 Å². The van der Waals surface area contributed by atoms with Gasteiger partial charge in [0.2, 0.25) is 0 Å². The van der Waals surface area contributed by atoms with Gasteiger partial charge in [-0.25, -0.2) is 0 Å². The summed E-state index contributed by atoms with van der Waals surface area (Å²) < 4.78 is 0. The van der Waals surface area contributed by atoms with Crippen molar-refractivity contribution < 1.29 is 0 Å². The molecule has 0 saturated heterocycles. The monoisotopic (exact) mass is 346 g/mol. The topological polar surface area (TPSA) is 0 Å². The molecule has 0 heterocycles. The standard InChI is InChI=1S/C26H34/c1-5-9-19-13-23-17-25-15-21(11-7-3)22(12-8-4)16-26(25)18-24(23)14-20(19)10-6-2/h13-18H,5-12H2,1-4H3.